The van der Waals surface area contributed by atoms with Gasteiger partial charge in [-0.15, -0.1) is 0 Å². The molecule has 0 amide bonds. The van der Waals surface area contributed by atoms with E-state index in [-0.39, 0.29) is 11.5 Å². The minimum Gasteiger partial charge on any atom is -0.477 e. The van der Waals surface area contributed by atoms with Gasteiger partial charge in [-0.3, -0.25) is 0 Å². The Balaban J connectivity index is 2.56. The Morgan fingerprint density at radius 1 is 1.60 bits per heavy atom. The monoisotopic (exact) mass is 210 g/mol. The van der Waals surface area contributed by atoms with E-state index in [1.165, 1.54) is 0 Å². The van der Waals surface area contributed by atoms with Gasteiger partial charge in [0.1, 0.15) is 5.56 Å². The molecule has 2 heterocycles. The standard InChI is InChI=1S/C10H14N2O3/c1-6(2)8-7(10(13)14)9-12(11-8)4-3-5-15-9/h6H,3-5H2,1-2H3,(H,13,14). The molecule has 1 aromatic heterocycles. The van der Waals surface area contributed by atoms with Gasteiger partial charge in [-0.1, -0.05) is 13.8 Å². The number of carbonyl (C=O) groups is 1. The summed E-state index contributed by atoms with van der Waals surface area (Å²) in [5, 5.41) is 13.4. The summed E-state index contributed by atoms with van der Waals surface area (Å²) in [5.41, 5.74) is 0.837. The molecule has 1 aliphatic rings. The Morgan fingerprint density at radius 3 is 2.93 bits per heavy atom. The van der Waals surface area contributed by atoms with Crippen LogP contribution in [0.1, 0.15) is 42.2 Å². The minimum atomic E-state index is -0.957. The summed E-state index contributed by atoms with van der Waals surface area (Å²) in [4.78, 5) is 11.1. The summed E-state index contributed by atoms with van der Waals surface area (Å²) >= 11 is 0. The number of hydrogen-bond acceptors (Lipinski definition) is 3. The number of rotatable bonds is 2. The van der Waals surface area contributed by atoms with Crippen LogP contribution in [0.15, 0.2) is 0 Å². The summed E-state index contributed by atoms with van der Waals surface area (Å²) in [6.07, 6.45) is 0.880. The molecule has 1 aromatic rings. The van der Waals surface area contributed by atoms with Gasteiger partial charge in [-0.25, -0.2) is 9.48 Å². The predicted octanol–water partition coefficient (Wildman–Crippen LogP) is 1.49. The summed E-state index contributed by atoms with van der Waals surface area (Å²) in [6.45, 7) is 5.17. The molecule has 0 radical (unpaired) electrons. The first-order chi connectivity index (χ1) is 7.11. The van der Waals surface area contributed by atoms with Gasteiger partial charge >= 0.3 is 5.97 Å². The summed E-state index contributed by atoms with van der Waals surface area (Å²) in [6, 6.07) is 0. The molecule has 0 atom stereocenters. The van der Waals surface area contributed by atoms with E-state index in [4.69, 9.17) is 9.84 Å². The zero-order valence-corrected chi connectivity index (χ0v) is 8.86. The van der Waals surface area contributed by atoms with Gasteiger partial charge in [0.15, 0.2) is 0 Å². The zero-order chi connectivity index (χ0) is 11.0. The van der Waals surface area contributed by atoms with Crippen molar-refractivity contribution in [2.24, 2.45) is 0 Å². The molecule has 0 unspecified atom stereocenters. The highest BCUT2D eigenvalue weighted by atomic mass is 16.5. The number of aromatic nitrogens is 2. The van der Waals surface area contributed by atoms with Crippen molar-refractivity contribution < 1.29 is 14.6 Å². The van der Waals surface area contributed by atoms with Gasteiger partial charge in [0.25, 0.3) is 0 Å². The van der Waals surface area contributed by atoms with E-state index < -0.39 is 5.97 Å². The van der Waals surface area contributed by atoms with Crippen molar-refractivity contribution in [3.05, 3.63) is 11.3 Å². The van der Waals surface area contributed by atoms with Gasteiger partial charge in [-0.2, -0.15) is 5.10 Å². The van der Waals surface area contributed by atoms with Crippen molar-refractivity contribution in [1.82, 2.24) is 9.78 Å². The average molecular weight is 210 g/mol. The number of aryl methyl sites for hydroxylation is 1. The van der Waals surface area contributed by atoms with E-state index in [1.54, 1.807) is 4.68 Å². The number of fused-ring (bicyclic) bond motifs is 1. The molecule has 5 heteroatoms. The van der Waals surface area contributed by atoms with Crippen molar-refractivity contribution in [2.45, 2.75) is 32.7 Å². The van der Waals surface area contributed by atoms with E-state index >= 15 is 0 Å². The Labute approximate surface area is 87.7 Å². The number of carboxylic acid groups (broad SMARTS) is 1. The maximum Gasteiger partial charge on any atom is 0.343 e. The molecule has 0 saturated carbocycles. The molecule has 5 nitrogen and oxygen atoms in total. The fourth-order valence-electron chi connectivity index (χ4n) is 1.75. The van der Waals surface area contributed by atoms with E-state index in [2.05, 4.69) is 5.10 Å². The Bertz CT molecular complexity index is 396. The first-order valence-corrected chi connectivity index (χ1v) is 5.08. The Hall–Kier alpha value is -1.52. The molecule has 0 fully saturated rings. The maximum absolute atomic E-state index is 11.1. The van der Waals surface area contributed by atoms with Crippen LogP contribution in [-0.2, 0) is 6.54 Å². The van der Waals surface area contributed by atoms with Crippen LogP contribution in [0.2, 0.25) is 0 Å². The molecule has 1 aliphatic heterocycles. The molecule has 82 valence electrons. The molecular weight excluding hydrogens is 196 g/mol. The fourth-order valence-corrected chi connectivity index (χ4v) is 1.75. The number of hydrogen-bond donors (Lipinski definition) is 1. The van der Waals surface area contributed by atoms with Crippen LogP contribution in [-0.4, -0.2) is 27.5 Å². The largest absolute Gasteiger partial charge is 0.477 e. The van der Waals surface area contributed by atoms with Gasteiger partial charge in [0.2, 0.25) is 5.88 Å². The lowest BCUT2D eigenvalue weighted by atomic mass is 10.1. The van der Waals surface area contributed by atoms with Crippen LogP contribution >= 0.6 is 0 Å². The van der Waals surface area contributed by atoms with Crippen molar-refractivity contribution in [3.8, 4) is 5.88 Å². The highest BCUT2D eigenvalue weighted by molar-refractivity contribution is 5.92. The topological polar surface area (TPSA) is 64.4 Å². The van der Waals surface area contributed by atoms with Gasteiger partial charge < -0.3 is 9.84 Å². The Kier molecular flexibility index (Phi) is 2.38. The van der Waals surface area contributed by atoms with E-state index in [0.29, 0.717) is 18.2 Å². The number of carboxylic acids is 1. The lowest BCUT2D eigenvalue weighted by molar-refractivity contribution is 0.0688. The van der Waals surface area contributed by atoms with Gasteiger partial charge in [-0.05, 0) is 5.92 Å². The Morgan fingerprint density at radius 2 is 2.33 bits per heavy atom. The summed E-state index contributed by atoms with van der Waals surface area (Å²) in [7, 11) is 0. The number of ether oxygens (including phenoxy) is 1. The lowest BCUT2D eigenvalue weighted by Crippen LogP contribution is -2.16. The third-order valence-electron chi connectivity index (χ3n) is 2.45. The predicted molar refractivity (Wildman–Crippen MR) is 53.4 cm³/mol. The van der Waals surface area contributed by atoms with Crippen LogP contribution in [0, 0.1) is 0 Å². The number of nitrogens with zero attached hydrogens (tertiary/aromatic N) is 2. The average Bonchev–Trinajstić information content (AvgIpc) is 2.56. The highest BCUT2D eigenvalue weighted by Gasteiger charge is 2.27. The second kappa shape index (κ2) is 3.56. The first-order valence-electron chi connectivity index (χ1n) is 5.08. The van der Waals surface area contributed by atoms with Crippen LogP contribution in [0.25, 0.3) is 0 Å². The van der Waals surface area contributed by atoms with E-state index in [0.717, 1.165) is 13.0 Å². The molecule has 0 aromatic carbocycles. The molecule has 2 rings (SSSR count). The van der Waals surface area contributed by atoms with Crippen LogP contribution in [0.4, 0.5) is 0 Å². The third kappa shape index (κ3) is 1.58. The maximum atomic E-state index is 11.1. The zero-order valence-electron chi connectivity index (χ0n) is 8.86. The third-order valence-corrected chi connectivity index (χ3v) is 2.45. The molecule has 0 saturated heterocycles. The van der Waals surface area contributed by atoms with Crippen LogP contribution in [0.5, 0.6) is 5.88 Å². The summed E-state index contributed by atoms with van der Waals surface area (Å²) in [5.74, 6) is -0.447. The number of aromatic carboxylic acids is 1. The van der Waals surface area contributed by atoms with Crippen molar-refractivity contribution in [1.29, 1.82) is 0 Å². The van der Waals surface area contributed by atoms with Crippen molar-refractivity contribution >= 4 is 5.97 Å². The molecule has 0 bridgehead atoms. The molecule has 15 heavy (non-hydrogen) atoms. The quantitative estimate of drug-likeness (QED) is 0.803. The molecule has 0 aliphatic carbocycles. The highest BCUT2D eigenvalue weighted by Crippen LogP contribution is 2.29. The van der Waals surface area contributed by atoms with Crippen molar-refractivity contribution in [2.75, 3.05) is 6.61 Å². The van der Waals surface area contributed by atoms with E-state index in [9.17, 15) is 4.79 Å². The summed E-state index contributed by atoms with van der Waals surface area (Å²) < 4.78 is 7.02. The smallest absolute Gasteiger partial charge is 0.343 e. The van der Waals surface area contributed by atoms with Gasteiger partial charge in [0.05, 0.1) is 12.3 Å². The molecule has 0 spiro atoms. The first kappa shape index (κ1) is 10.0. The van der Waals surface area contributed by atoms with Crippen LogP contribution < -0.4 is 4.74 Å². The second-order valence-electron chi connectivity index (χ2n) is 3.95. The second-order valence-corrected chi connectivity index (χ2v) is 3.95. The SMILES string of the molecule is CC(C)c1nn2c(c1C(=O)O)OCCC2. The fraction of sp³-hybridized carbons (Fsp3) is 0.600. The lowest BCUT2D eigenvalue weighted by Gasteiger charge is -2.14. The molecule has 1 N–H and O–H groups in total. The van der Waals surface area contributed by atoms with Gasteiger partial charge in [0, 0.05) is 13.0 Å². The molecular formula is C10H14N2O3. The normalized spacial score (nSPS) is 14.9. The van der Waals surface area contributed by atoms with Crippen molar-refractivity contribution in [3.63, 3.8) is 0 Å². The van der Waals surface area contributed by atoms with Crippen LogP contribution in [0.3, 0.4) is 0 Å². The minimum absolute atomic E-state index is 0.0952. The van der Waals surface area contributed by atoms with E-state index in [1.807, 2.05) is 13.8 Å².